The first-order valence-electron chi connectivity index (χ1n) is 6.04. The maximum atomic E-state index is 12.4. The monoisotopic (exact) mass is 322 g/mol. The molecular formula is C15H15BrO3. The van der Waals surface area contributed by atoms with Crippen LogP contribution < -0.4 is 4.74 Å². The molecule has 1 heterocycles. The fourth-order valence-electron chi connectivity index (χ4n) is 1.82. The molecular weight excluding hydrogens is 308 g/mol. The van der Waals surface area contributed by atoms with Crippen molar-refractivity contribution in [2.45, 2.75) is 20.3 Å². The fourth-order valence-corrected chi connectivity index (χ4v) is 2.17. The van der Waals surface area contributed by atoms with Gasteiger partial charge in [0.05, 0.1) is 12.7 Å². The van der Waals surface area contributed by atoms with Crippen molar-refractivity contribution in [2.75, 3.05) is 7.11 Å². The van der Waals surface area contributed by atoms with E-state index in [1.54, 1.807) is 19.2 Å². The van der Waals surface area contributed by atoms with Gasteiger partial charge in [-0.2, -0.15) is 0 Å². The lowest BCUT2D eigenvalue weighted by Gasteiger charge is -2.09. The average Bonchev–Trinajstić information content (AvgIpc) is 2.89. The maximum absolute atomic E-state index is 12.4. The number of methoxy groups -OCH3 is 1. The van der Waals surface area contributed by atoms with Crippen LogP contribution in [0.4, 0.5) is 0 Å². The number of halogens is 1. The van der Waals surface area contributed by atoms with Gasteiger partial charge in [-0.15, -0.1) is 0 Å². The number of carbonyl (C=O) groups is 1. The van der Waals surface area contributed by atoms with E-state index < -0.39 is 0 Å². The van der Waals surface area contributed by atoms with Crippen molar-refractivity contribution in [2.24, 2.45) is 0 Å². The van der Waals surface area contributed by atoms with Gasteiger partial charge in [-0.3, -0.25) is 4.79 Å². The molecule has 0 radical (unpaired) electrons. The molecule has 0 aliphatic heterocycles. The Balaban J connectivity index is 2.45. The van der Waals surface area contributed by atoms with Crippen LogP contribution in [0.1, 0.15) is 34.4 Å². The van der Waals surface area contributed by atoms with Gasteiger partial charge >= 0.3 is 0 Å². The molecule has 4 heteroatoms. The van der Waals surface area contributed by atoms with Crippen molar-refractivity contribution in [3.8, 4) is 5.75 Å². The van der Waals surface area contributed by atoms with Gasteiger partial charge in [-0.1, -0.05) is 22.9 Å². The number of carbonyl (C=O) groups excluding carboxylic acids is 1. The lowest BCUT2D eigenvalue weighted by Crippen LogP contribution is -2.03. The molecule has 1 aromatic heterocycles. The van der Waals surface area contributed by atoms with Crippen LogP contribution in [0.3, 0.4) is 0 Å². The van der Waals surface area contributed by atoms with Gasteiger partial charge in [0, 0.05) is 10.9 Å². The van der Waals surface area contributed by atoms with Gasteiger partial charge in [0.2, 0.25) is 5.78 Å². The van der Waals surface area contributed by atoms with Crippen LogP contribution >= 0.6 is 15.9 Å². The average molecular weight is 323 g/mol. The number of aryl methyl sites for hydroxylation is 2. The molecule has 0 spiro atoms. The van der Waals surface area contributed by atoms with E-state index in [9.17, 15) is 4.79 Å². The van der Waals surface area contributed by atoms with Crippen molar-refractivity contribution in [3.63, 3.8) is 0 Å². The predicted octanol–water partition coefficient (Wildman–Crippen LogP) is 4.15. The summed E-state index contributed by atoms with van der Waals surface area (Å²) in [5, 5.41) is 0. The Kier molecular flexibility index (Phi) is 4.10. The van der Waals surface area contributed by atoms with Crippen molar-refractivity contribution >= 4 is 21.7 Å². The van der Waals surface area contributed by atoms with Crippen molar-refractivity contribution in [3.05, 3.63) is 51.4 Å². The quantitative estimate of drug-likeness (QED) is 0.794. The highest BCUT2D eigenvalue weighted by Gasteiger charge is 2.19. The second-order valence-electron chi connectivity index (χ2n) is 4.25. The van der Waals surface area contributed by atoms with Crippen molar-refractivity contribution in [1.82, 2.24) is 0 Å². The molecule has 19 heavy (non-hydrogen) atoms. The fraction of sp³-hybridized carbons (Fsp3) is 0.267. The molecule has 0 atom stereocenters. The predicted molar refractivity (Wildman–Crippen MR) is 76.9 cm³/mol. The van der Waals surface area contributed by atoms with Crippen LogP contribution in [0.2, 0.25) is 0 Å². The van der Waals surface area contributed by atoms with E-state index in [0.717, 1.165) is 22.2 Å². The number of ketones is 1. The SMILES string of the molecule is CCc1ccc(C(=O)c2cc(Br)c(C)cc2OC)o1. The molecule has 3 nitrogen and oxygen atoms in total. The lowest BCUT2D eigenvalue weighted by molar-refractivity contribution is 0.100. The Morgan fingerprint density at radius 3 is 2.68 bits per heavy atom. The molecule has 0 fully saturated rings. The van der Waals surface area contributed by atoms with Crippen LogP contribution in [-0.4, -0.2) is 12.9 Å². The summed E-state index contributed by atoms with van der Waals surface area (Å²) in [7, 11) is 1.55. The second kappa shape index (κ2) is 5.61. The molecule has 0 unspecified atom stereocenters. The topological polar surface area (TPSA) is 39.4 Å². The van der Waals surface area contributed by atoms with E-state index in [1.807, 2.05) is 26.0 Å². The highest BCUT2D eigenvalue weighted by Crippen LogP contribution is 2.29. The van der Waals surface area contributed by atoms with E-state index in [0.29, 0.717) is 17.1 Å². The number of rotatable bonds is 4. The lowest BCUT2D eigenvalue weighted by atomic mass is 10.1. The van der Waals surface area contributed by atoms with E-state index in [2.05, 4.69) is 15.9 Å². The van der Waals surface area contributed by atoms with Crippen molar-refractivity contribution in [1.29, 1.82) is 0 Å². The molecule has 0 amide bonds. The third-order valence-electron chi connectivity index (χ3n) is 2.96. The summed E-state index contributed by atoms with van der Waals surface area (Å²) in [6, 6.07) is 7.13. The molecule has 1 aromatic carbocycles. The standard InChI is InChI=1S/C15H15BrO3/c1-4-10-5-6-13(19-10)15(17)11-8-12(16)9(2)7-14(11)18-3/h5-8H,4H2,1-3H3. The number of furan rings is 1. The van der Waals surface area contributed by atoms with Gasteiger partial charge in [0.25, 0.3) is 0 Å². The largest absolute Gasteiger partial charge is 0.496 e. The first-order valence-corrected chi connectivity index (χ1v) is 6.83. The molecule has 0 bridgehead atoms. The number of benzene rings is 1. The summed E-state index contributed by atoms with van der Waals surface area (Å²) in [6.07, 6.45) is 0.766. The first-order chi connectivity index (χ1) is 9.06. The normalized spacial score (nSPS) is 10.5. The summed E-state index contributed by atoms with van der Waals surface area (Å²) < 4.78 is 11.6. The smallest absolute Gasteiger partial charge is 0.231 e. The van der Waals surface area contributed by atoms with E-state index in [4.69, 9.17) is 9.15 Å². The zero-order chi connectivity index (χ0) is 14.0. The van der Waals surface area contributed by atoms with E-state index in [1.165, 1.54) is 0 Å². The van der Waals surface area contributed by atoms with Gasteiger partial charge in [-0.25, -0.2) is 0 Å². The molecule has 0 aliphatic rings. The number of ether oxygens (including phenoxy) is 1. The summed E-state index contributed by atoms with van der Waals surface area (Å²) in [5.41, 5.74) is 1.51. The number of hydrogen-bond donors (Lipinski definition) is 0. The van der Waals surface area contributed by atoms with E-state index >= 15 is 0 Å². The van der Waals surface area contributed by atoms with Gasteiger partial charge in [0.15, 0.2) is 5.76 Å². The van der Waals surface area contributed by atoms with Gasteiger partial charge in [-0.05, 0) is 36.8 Å². The number of hydrogen-bond acceptors (Lipinski definition) is 3. The Bertz CT molecular complexity index is 614. The molecule has 0 saturated heterocycles. The highest BCUT2D eigenvalue weighted by atomic mass is 79.9. The molecule has 0 saturated carbocycles. The van der Waals surface area contributed by atoms with E-state index in [-0.39, 0.29) is 5.78 Å². The molecule has 2 aromatic rings. The molecule has 0 N–H and O–H groups in total. The summed E-state index contributed by atoms with van der Waals surface area (Å²) in [4.78, 5) is 12.4. The molecule has 0 aliphatic carbocycles. The zero-order valence-electron chi connectivity index (χ0n) is 11.1. The minimum atomic E-state index is -0.169. The third-order valence-corrected chi connectivity index (χ3v) is 3.81. The molecule has 100 valence electrons. The third kappa shape index (κ3) is 2.73. The van der Waals surface area contributed by atoms with Crippen LogP contribution in [0, 0.1) is 6.92 Å². The Morgan fingerprint density at radius 1 is 1.37 bits per heavy atom. The van der Waals surface area contributed by atoms with Crippen LogP contribution in [-0.2, 0) is 6.42 Å². The minimum absolute atomic E-state index is 0.169. The zero-order valence-corrected chi connectivity index (χ0v) is 12.7. The Morgan fingerprint density at radius 2 is 2.11 bits per heavy atom. The van der Waals surface area contributed by atoms with Gasteiger partial charge < -0.3 is 9.15 Å². The Labute approximate surface area is 120 Å². The summed E-state index contributed by atoms with van der Waals surface area (Å²) >= 11 is 3.43. The Hall–Kier alpha value is -1.55. The second-order valence-corrected chi connectivity index (χ2v) is 5.10. The maximum Gasteiger partial charge on any atom is 0.231 e. The molecule has 2 rings (SSSR count). The van der Waals surface area contributed by atoms with Gasteiger partial charge in [0.1, 0.15) is 11.5 Å². The first kappa shape index (κ1) is 13.9. The summed E-state index contributed by atoms with van der Waals surface area (Å²) in [5.74, 6) is 1.52. The van der Waals surface area contributed by atoms with Crippen LogP contribution in [0.15, 0.2) is 33.2 Å². The minimum Gasteiger partial charge on any atom is -0.496 e. The van der Waals surface area contributed by atoms with Crippen LogP contribution in [0.25, 0.3) is 0 Å². The van der Waals surface area contributed by atoms with Crippen LogP contribution in [0.5, 0.6) is 5.75 Å². The summed E-state index contributed by atoms with van der Waals surface area (Å²) in [6.45, 7) is 3.93. The van der Waals surface area contributed by atoms with Crippen molar-refractivity contribution < 1.29 is 13.9 Å². The highest BCUT2D eigenvalue weighted by molar-refractivity contribution is 9.10.